The molecule has 0 atom stereocenters. The molecule has 25 heavy (non-hydrogen) atoms. The van der Waals surface area contributed by atoms with Gasteiger partial charge in [0, 0.05) is 0 Å². The first kappa shape index (κ1) is 25.0. The third-order valence-electron chi connectivity index (χ3n) is 4.79. The predicted molar refractivity (Wildman–Crippen MR) is 115 cm³/mol. The molecule has 1 aromatic rings. The minimum absolute atomic E-state index is 0. The van der Waals surface area contributed by atoms with Gasteiger partial charge in [0.1, 0.15) is 0 Å². The monoisotopic (exact) mass is 455 g/mol. The molecule has 0 aromatic heterocycles. The van der Waals surface area contributed by atoms with Crippen LogP contribution in [0.25, 0.3) is 0 Å². The van der Waals surface area contributed by atoms with E-state index in [1.54, 1.807) is 8.73 Å². The van der Waals surface area contributed by atoms with Gasteiger partial charge in [-0.3, -0.25) is 0 Å². The Labute approximate surface area is 168 Å². The second kappa shape index (κ2) is 20.3. The Hall–Kier alpha value is -0.00182. The second-order valence-corrected chi connectivity index (χ2v) is 11.0. The van der Waals surface area contributed by atoms with Crippen LogP contribution in [0.5, 0.6) is 0 Å². The molecule has 1 aromatic carbocycles. The van der Waals surface area contributed by atoms with Crippen molar-refractivity contribution in [3.05, 3.63) is 35.9 Å². The maximum Gasteiger partial charge on any atom is -0.412 e. The van der Waals surface area contributed by atoms with Crippen molar-refractivity contribution in [2.24, 2.45) is 0 Å². The molecule has 2 heteroatoms. The topological polar surface area (TPSA) is 31.5 Å². The summed E-state index contributed by atoms with van der Waals surface area (Å²) in [7, 11) is 0. The zero-order valence-electron chi connectivity index (χ0n) is 16.6. The van der Waals surface area contributed by atoms with Crippen LogP contribution in [0.2, 0.25) is 8.73 Å². The summed E-state index contributed by atoms with van der Waals surface area (Å²) in [6, 6.07) is 11.0. The molecule has 0 fully saturated rings. The van der Waals surface area contributed by atoms with Gasteiger partial charge >= 0.3 is 163 Å². The molecule has 0 saturated carbocycles. The summed E-state index contributed by atoms with van der Waals surface area (Å²) in [6.07, 6.45) is 20.4. The first-order chi connectivity index (χ1) is 11.9. The fourth-order valence-corrected chi connectivity index (χ4v) is 6.39. The van der Waals surface area contributed by atoms with E-state index >= 15 is 0 Å². The van der Waals surface area contributed by atoms with E-state index < -0.39 is 0 Å². The van der Waals surface area contributed by atoms with Gasteiger partial charge in [-0.1, -0.05) is 0 Å². The van der Waals surface area contributed by atoms with Gasteiger partial charge in [0.2, 0.25) is 0 Å². The molecule has 2 N–H and O–H groups in total. The average molecular weight is 456 g/mol. The summed E-state index contributed by atoms with van der Waals surface area (Å²) in [5.74, 6) is 0. The molecule has 1 radical (unpaired) electrons. The summed E-state index contributed by atoms with van der Waals surface area (Å²) >= 11 is 0.171. The van der Waals surface area contributed by atoms with Gasteiger partial charge < -0.3 is 5.48 Å². The van der Waals surface area contributed by atoms with Crippen LogP contribution in [0.3, 0.4) is 0 Å². The van der Waals surface area contributed by atoms with E-state index in [4.69, 9.17) is 0 Å². The fraction of sp³-hybridized carbons (Fsp3) is 0.739. The van der Waals surface area contributed by atoms with Gasteiger partial charge in [0.25, 0.3) is 0 Å². The van der Waals surface area contributed by atoms with E-state index in [0.29, 0.717) is 0 Å². The van der Waals surface area contributed by atoms with E-state index in [1.165, 1.54) is 95.5 Å². The number of benzene rings is 1. The van der Waals surface area contributed by atoms with Crippen molar-refractivity contribution in [3.8, 4) is 0 Å². The summed E-state index contributed by atoms with van der Waals surface area (Å²) in [5.41, 5.74) is 1.51. The SMILES string of the molecule is CCCCCCCCCCC[CH2][Sb][CH2]CCCCc1ccccc1.O. The van der Waals surface area contributed by atoms with Crippen molar-refractivity contribution in [1.82, 2.24) is 0 Å². The molecular formula is C23H42OSb. The summed E-state index contributed by atoms with van der Waals surface area (Å²) in [6.45, 7) is 2.30. The second-order valence-electron chi connectivity index (χ2n) is 7.15. The van der Waals surface area contributed by atoms with Gasteiger partial charge in [0.05, 0.1) is 0 Å². The smallest absolute Gasteiger partial charge is 0.412 e. The van der Waals surface area contributed by atoms with Crippen molar-refractivity contribution >= 4 is 21.6 Å². The van der Waals surface area contributed by atoms with Gasteiger partial charge in [-0.15, -0.1) is 0 Å². The molecule has 1 nitrogen and oxygen atoms in total. The van der Waals surface area contributed by atoms with Crippen molar-refractivity contribution in [3.63, 3.8) is 0 Å². The van der Waals surface area contributed by atoms with Gasteiger partial charge in [-0.2, -0.15) is 0 Å². The minimum Gasteiger partial charge on any atom is -0.412 e. The maximum atomic E-state index is 2.30. The molecule has 0 aliphatic heterocycles. The number of hydrogen-bond acceptors (Lipinski definition) is 0. The van der Waals surface area contributed by atoms with Crippen LogP contribution in [0.1, 0.15) is 96.0 Å². The van der Waals surface area contributed by atoms with Crippen LogP contribution in [-0.4, -0.2) is 27.1 Å². The normalized spacial score (nSPS) is 10.6. The van der Waals surface area contributed by atoms with E-state index in [-0.39, 0.29) is 27.1 Å². The predicted octanol–water partition coefficient (Wildman–Crippen LogP) is 7.04. The fourth-order valence-electron chi connectivity index (χ4n) is 3.20. The zero-order valence-corrected chi connectivity index (χ0v) is 19.2. The third-order valence-corrected chi connectivity index (χ3v) is 8.40. The molecule has 0 heterocycles. The molecular weight excluding hydrogens is 414 g/mol. The number of rotatable bonds is 17. The first-order valence-corrected chi connectivity index (χ1v) is 14.2. The van der Waals surface area contributed by atoms with Crippen molar-refractivity contribution in [2.45, 2.75) is 106 Å². The molecule has 0 unspecified atom stereocenters. The van der Waals surface area contributed by atoms with E-state index in [9.17, 15) is 0 Å². The Morgan fingerprint density at radius 3 is 1.64 bits per heavy atom. The van der Waals surface area contributed by atoms with Crippen LogP contribution in [0, 0.1) is 0 Å². The van der Waals surface area contributed by atoms with Gasteiger partial charge in [-0.05, 0) is 0 Å². The average Bonchev–Trinajstić information content (AvgIpc) is 2.62. The first-order valence-electron chi connectivity index (χ1n) is 10.6. The largest absolute Gasteiger partial charge is 0.412 e. The quantitative estimate of drug-likeness (QED) is 0.178. The van der Waals surface area contributed by atoms with Crippen LogP contribution in [-0.2, 0) is 6.42 Å². The van der Waals surface area contributed by atoms with E-state index in [0.717, 1.165) is 0 Å². The minimum atomic E-state index is 0. The van der Waals surface area contributed by atoms with Crippen LogP contribution < -0.4 is 0 Å². The van der Waals surface area contributed by atoms with Crippen LogP contribution >= 0.6 is 0 Å². The molecule has 1 rings (SSSR count). The van der Waals surface area contributed by atoms with Crippen LogP contribution in [0.4, 0.5) is 0 Å². The molecule has 0 aliphatic rings. The Balaban J connectivity index is 0.00000576. The summed E-state index contributed by atoms with van der Waals surface area (Å²) in [4.78, 5) is 0. The molecule has 0 spiro atoms. The summed E-state index contributed by atoms with van der Waals surface area (Å²) in [5, 5.41) is 0. The number of unbranched alkanes of at least 4 members (excludes halogenated alkanes) is 11. The molecule has 0 saturated heterocycles. The van der Waals surface area contributed by atoms with E-state index in [2.05, 4.69) is 37.3 Å². The van der Waals surface area contributed by atoms with Gasteiger partial charge in [0.15, 0.2) is 0 Å². The zero-order chi connectivity index (χ0) is 17.1. The van der Waals surface area contributed by atoms with E-state index in [1.807, 2.05) is 0 Å². The Bertz CT molecular complexity index is 352. The Morgan fingerprint density at radius 1 is 0.600 bits per heavy atom. The Morgan fingerprint density at radius 2 is 1.08 bits per heavy atom. The van der Waals surface area contributed by atoms with Crippen LogP contribution in [0.15, 0.2) is 30.3 Å². The molecule has 145 valence electrons. The molecule has 0 aliphatic carbocycles. The summed E-state index contributed by atoms with van der Waals surface area (Å²) < 4.78 is 3.22. The van der Waals surface area contributed by atoms with Crippen molar-refractivity contribution in [1.29, 1.82) is 0 Å². The maximum absolute atomic E-state index is 2.30. The molecule has 0 amide bonds. The number of hydrogen-bond donors (Lipinski definition) is 0. The standard InChI is InChI=1S/C12H25.C11H15.H2O.Sb/c1-3-5-7-9-11-12-10-8-6-4-2;1-2-3-5-8-11-9-6-4-7-10-11;;/h1,3-12H2,2H3;4,6-7,9-10H,1-3,5,8H2;1H2;. The molecule has 0 bridgehead atoms. The van der Waals surface area contributed by atoms with Crippen molar-refractivity contribution < 1.29 is 5.48 Å². The van der Waals surface area contributed by atoms with Gasteiger partial charge in [-0.25, -0.2) is 0 Å². The number of aryl methyl sites for hydroxylation is 1. The third kappa shape index (κ3) is 17.2. The van der Waals surface area contributed by atoms with Crippen molar-refractivity contribution in [2.75, 3.05) is 0 Å². The Kier molecular flexibility index (Phi) is 20.3.